The van der Waals surface area contributed by atoms with Crippen LogP contribution in [0.4, 0.5) is 5.69 Å². The molecule has 1 aromatic carbocycles. The number of fused-ring (bicyclic) bond motifs is 1. The first kappa shape index (κ1) is 14.6. The van der Waals surface area contributed by atoms with Gasteiger partial charge in [0.15, 0.2) is 0 Å². The van der Waals surface area contributed by atoms with Gasteiger partial charge in [0.1, 0.15) is 5.56 Å². The molecule has 22 heavy (non-hydrogen) atoms. The molecule has 1 aliphatic heterocycles. The van der Waals surface area contributed by atoms with Crippen molar-refractivity contribution in [2.45, 2.75) is 13.5 Å². The number of carboxylic acid groups (broad SMARTS) is 1. The Balaban J connectivity index is 2.17. The zero-order valence-corrected chi connectivity index (χ0v) is 12.4. The Morgan fingerprint density at radius 1 is 1.32 bits per heavy atom. The summed E-state index contributed by atoms with van der Waals surface area (Å²) in [6, 6.07) is 5.55. The summed E-state index contributed by atoms with van der Waals surface area (Å²) >= 11 is 0. The van der Waals surface area contributed by atoms with Crippen molar-refractivity contribution in [1.29, 1.82) is 0 Å². The fourth-order valence-electron chi connectivity index (χ4n) is 2.81. The average Bonchev–Trinajstić information content (AvgIpc) is 2.55. The summed E-state index contributed by atoms with van der Waals surface area (Å²) in [6.45, 7) is 5.54. The highest BCUT2D eigenvalue weighted by Gasteiger charge is 2.16. The predicted molar refractivity (Wildman–Crippen MR) is 83.9 cm³/mol. The molecule has 1 N–H and O–H groups in total. The number of aromatic nitrogens is 1. The summed E-state index contributed by atoms with van der Waals surface area (Å²) in [4.78, 5) is 25.7. The van der Waals surface area contributed by atoms with Gasteiger partial charge in [0.25, 0.3) is 0 Å². The molecule has 3 rings (SSSR count). The number of aromatic carboxylic acids is 1. The van der Waals surface area contributed by atoms with Crippen LogP contribution in [-0.4, -0.2) is 41.9 Å². The number of hydrogen-bond acceptors (Lipinski definition) is 4. The lowest BCUT2D eigenvalue weighted by atomic mass is 10.1. The Hall–Kier alpha value is -2.34. The van der Waals surface area contributed by atoms with Crippen molar-refractivity contribution < 1.29 is 14.6 Å². The number of anilines is 1. The number of aryl methyl sites for hydroxylation is 1. The number of nitrogens with zero attached hydrogens (tertiary/aromatic N) is 2. The fourth-order valence-corrected chi connectivity index (χ4v) is 2.81. The third-order valence-corrected chi connectivity index (χ3v) is 4.01. The minimum absolute atomic E-state index is 0.187. The SMILES string of the molecule is CCn1cc(C(=O)O)c(=O)c2ccc(N3CCOCC3)cc21. The van der Waals surface area contributed by atoms with E-state index in [2.05, 4.69) is 4.90 Å². The highest BCUT2D eigenvalue weighted by atomic mass is 16.5. The molecule has 1 saturated heterocycles. The maximum atomic E-state index is 12.3. The summed E-state index contributed by atoms with van der Waals surface area (Å²) < 4.78 is 7.16. The molecule has 1 aliphatic rings. The normalized spacial score (nSPS) is 15.2. The third-order valence-electron chi connectivity index (χ3n) is 4.01. The molecular weight excluding hydrogens is 284 g/mol. The topological polar surface area (TPSA) is 71.8 Å². The van der Waals surface area contributed by atoms with E-state index in [0.717, 1.165) is 24.3 Å². The first-order valence-corrected chi connectivity index (χ1v) is 7.35. The molecular formula is C16H18N2O4. The van der Waals surface area contributed by atoms with Crippen LogP contribution in [0.1, 0.15) is 17.3 Å². The number of morpholine rings is 1. The fraction of sp³-hybridized carbons (Fsp3) is 0.375. The average molecular weight is 302 g/mol. The Labute approximate surface area is 127 Å². The number of carboxylic acids is 1. The van der Waals surface area contributed by atoms with E-state index in [1.54, 1.807) is 6.07 Å². The number of carbonyl (C=O) groups is 1. The summed E-state index contributed by atoms with van der Waals surface area (Å²) in [7, 11) is 0. The second kappa shape index (κ2) is 5.81. The van der Waals surface area contributed by atoms with Gasteiger partial charge < -0.3 is 19.3 Å². The second-order valence-electron chi connectivity index (χ2n) is 5.26. The zero-order chi connectivity index (χ0) is 15.7. The minimum atomic E-state index is -1.19. The van der Waals surface area contributed by atoms with Crippen LogP contribution in [0.5, 0.6) is 0 Å². The van der Waals surface area contributed by atoms with Gasteiger partial charge in [0, 0.05) is 36.9 Å². The lowest BCUT2D eigenvalue weighted by molar-refractivity contribution is 0.0695. The summed E-state index contributed by atoms with van der Waals surface area (Å²) in [5.41, 5.74) is 1.18. The third kappa shape index (κ3) is 2.46. The largest absolute Gasteiger partial charge is 0.477 e. The van der Waals surface area contributed by atoms with Crippen molar-refractivity contribution in [2.75, 3.05) is 31.2 Å². The number of ether oxygens (including phenoxy) is 1. The van der Waals surface area contributed by atoms with Gasteiger partial charge in [-0.3, -0.25) is 4.79 Å². The molecule has 116 valence electrons. The van der Waals surface area contributed by atoms with Crippen molar-refractivity contribution in [3.8, 4) is 0 Å². The number of hydrogen-bond donors (Lipinski definition) is 1. The van der Waals surface area contributed by atoms with E-state index in [4.69, 9.17) is 9.84 Å². The number of pyridine rings is 1. The first-order chi connectivity index (χ1) is 10.6. The molecule has 0 spiro atoms. The van der Waals surface area contributed by atoms with E-state index in [-0.39, 0.29) is 5.56 Å². The van der Waals surface area contributed by atoms with Crippen molar-refractivity contribution >= 4 is 22.6 Å². The molecule has 0 amide bonds. The van der Waals surface area contributed by atoms with E-state index in [0.29, 0.717) is 25.1 Å². The maximum Gasteiger partial charge on any atom is 0.341 e. The summed E-state index contributed by atoms with van der Waals surface area (Å²) in [5, 5.41) is 9.61. The van der Waals surface area contributed by atoms with Crippen LogP contribution >= 0.6 is 0 Å². The monoisotopic (exact) mass is 302 g/mol. The lowest BCUT2D eigenvalue weighted by Gasteiger charge is -2.29. The van der Waals surface area contributed by atoms with Gasteiger partial charge in [-0.2, -0.15) is 0 Å². The van der Waals surface area contributed by atoms with Crippen molar-refractivity contribution in [2.24, 2.45) is 0 Å². The Bertz CT molecular complexity index is 776. The number of rotatable bonds is 3. The van der Waals surface area contributed by atoms with Crippen LogP contribution in [0.15, 0.2) is 29.2 Å². The summed E-state index contributed by atoms with van der Waals surface area (Å²) in [5.74, 6) is -1.19. The highest BCUT2D eigenvalue weighted by molar-refractivity contribution is 5.93. The molecule has 1 fully saturated rings. The Kier molecular flexibility index (Phi) is 3.85. The molecule has 0 saturated carbocycles. The van der Waals surface area contributed by atoms with Gasteiger partial charge in [-0.05, 0) is 25.1 Å². The molecule has 6 nitrogen and oxygen atoms in total. The van der Waals surface area contributed by atoms with Crippen LogP contribution in [0.3, 0.4) is 0 Å². The highest BCUT2D eigenvalue weighted by Crippen LogP contribution is 2.22. The van der Waals surface area contributed by atoms with Gasteiger partial charge >= 0.3 is 5.97 Å². The van der Waals surface area contributed by atoms with E-state index in [1.165, 1.54) is 6.20 Å². The van der Waals surface area contributed by atoms with Gasteiger partial charge in [-0.15, -0.1) is 0 Å². The van der Waals surface area contributed by atoms with Crippen LogP contribution in [0.25, 0.3) is 10.9 Å². The van der Waals surface area contributed by atoms with Crippen LogP contribution in [0.2, 0.25) is 0 Å². The van der Waals surface area contributed by atoms with Gasteiger partial charge in [0.05, 0.1) is 18.7 Å². The molecule has 6 heteroatoms. The van der Waals surface area contributed by atoms with Crippen LogP contribution in [-0.2, 0) is 11.3 Å². The van der Waals surface area contributed by atoms with Crippen molar-refractivity contribution in [3.63, 3.8) is 0 Å². The molecule has 2 aromatic rings. The Morgan fingerprint density at radius 2 is 2.05 bits per heavy atom. The number of benzene rings is 1. The summed E-state index contributed by atoms with van der Waals surface area (Å²) in [6.07, 6.45) is 1.43. The molecule has 0 aliphatic carbocycles. The second-order valence-corrected chi connectivity index (χ2v) is 5.26. The van der Waals surface area contributed by atoms with E-state index >= 15 is 0 Å². The molecule has 0 unspecified atom stereocenters. The van der Waals surface area contributed by atoms with E-state index in [9.17, 15) is 9.59 Å². The predicted octanol–water partition coefficient (Wildman–Crippen LogP) is 1.56. The lowest BCUT2D eigenvalue weighted by Crippen LogP contribution is -2.36. The van der Waals surface area contributed by atoms with Crippen molar-refractivity contribution in [3.05, 3.63) is 40.2 Å². The minimum Gasteiger partial charge on any atom is -0.477 e. The maximum absolute atomic E-state index is 12.3. The molecule has 0 bridgehead atoms. The van der Waals surface area contributed by atoms with Crippen molar-refractivity contribution in [1.82, 2.24) is 4.57 Å². The van der Waals surface area contributed by atoms with Gasteiger partial charge in [-0.25, -0.2) is 4.79 Å². The molecule has 2 heterocycles. The molecule has 0 atom stereocenters. The van der Waals surface area contributed by atoms with Gasteiger partial charge in [-0.1, -0.05) is 0 Å². The zero-order valence-electron chi connectivity index (χ0n) is 12.4. The van der Waals surface area contributed by atoms with Crippen LogP contribution < -0.4 is 10.3 Å². The first-order valence-electron chi connectivity index (χ1n) is 7.35. The quantitative estimate of drug-likeness (QED) is 0.931. The molecule has 1 aromatic heterocycles. The Morgan fingerprint density at radius 3 is 2.68 bits per heavy atom. The van der Waals surface area contributed by atoms with Gasteiger partial charge in [0.2, 0.25) is 5.43 Å². The van der Waals surface area contributed by atoms with E-state index < -0.39 is 11.4 Å². The standard InChI is InChI=1S/C16H18N2O4/c1-2-17-10-13(16(20)21)15(19)12-4-3-11(9-14(12)17)18-5-7-22-8-6-18/h3-4,9-10H,2,5-8H2,1H3,(H,20,21). The van der Waals surface area contributed by atoms with E-state index in [1.807, 2.05) is 23.6 Å². The van der Waals surface area contributed by atoms with Crippen LogP contribution in [0, 0.1) is 0 Å². The smallest absolute Gasteiger partial charge is 0.341 e. The molecule has 0 radical (unpaired) electrons.